The normalized spacial score (nSPS) is 26.9. The molecule has 4 heteroatoms. The molecule has 4 nitrogen and oxygen atoms in total. The molecule has 14 heavy (non-hydrogen) atoms. The zero-order valence-corrected chi connectivity index (χ0v) is 8.53. The van der Waals surface area contributed by atoms with E-state index in [2.05, 4.69) is 16.9 Å². The number of H-pyrrole nitrogens is 1. The molecule has 1 saturated heterocycles. The molecule has 1 aliphatic rings. The van der Waals surface area contributed by atoms with Crippen LogP contribution in [0.3, 0.4) is 0 Å². The smallest absolute Gasteiger partial charge is 0.220 e. The Balaban J connectivity index is 2.24. The van der Waals surface area contributed by atoms with E-state index < -0.39 is 0 Å². The second kappa shape index (κ2) is 3.44. The molecule has 0 radical (unpaired) electrons. The highest BCUT2D eigenvalue weighted by Crippen LogP contribution is 2.33. The Bertz CT molecular complexity index is 320. The summed E-state index contributed by atoms with van der Waals surface area (Å²) in [6, 6.07) is 0.486. The van der Waals surface area contributed by atoms with E-state index in [1.165, 1.54) is 0 Å². The lowest BCUT2D eigenvalue weighted by atomic mass is 10.2. The first-order valence-electron chi connectivity index (χ1n) is 4.98. The van der Waals surface area contributed by atoms with Crippen LogP contribution in [0.2, 0.25) is 0 Å². The minimum Gasteiger partial charge on any atom is -0.347 e. The summed E-state index contributed by atoms with van der Waals surface area (Å²) in [6.45, 7) is 3.71. The average molecular weight is 193 g/mol. The summed E-state index contributed by atoms with van der Waals surface area (Å²) >= 11 is 0. The Labute approximate surface area is 83.3 Å². The van der Waals surface area contributed by atoms with Crippen LogP contribution in [0.15, 0.2) is 12.4 Å². The third-order valence-electron chi connectivity index (χ3n) is 2.87. The molecule has 1 aliphatic heterocycles. The van der Waals surface area contributed by atoms with E-state index >= 15 is 0 Å². The zero-order valence-electron chi connectivity index (χ0n) is 8.53. The molecule has 0 spiro atoms. The van der Waals surface area contributed by atoms with Crippen LogP contribution < -0.4 is 0 Å². The van der Waals surface area contributed by atoms with Gasteiger partial charge in [-0.25, -0.2) is 4.98 Å². The fraction of sp³-hybridized carbons (Fsp3) is 0.600. The van der Waals surface area contributed by atoms with E-state index in [4.69, 9.17) is 0 Å². The van der Waals surface area contributed by atoms with Crippen LogP contribution in [0.4, 0.5) is 0 Å². The minimum atomic E-state index is 0.136. The molecule has 76 valence electrons. The summed E-state index contributed by atoms with van der Waals surface area (Å²) in [5.41, 5.74) is 0. The van der Waals surface area contributed by atoms with Crippen LogP contribution in [0, 0.1) is 0 Å². The van der Waals surface area contributed by atoms with Crippen molar-refractivity contribution < 1.29 is 4.79 Å². The van der Waals surface area contributed by atoms with Crippen molar-refractivity contribution in [3.63, 3.8) is 0 Å². The van der Waals surface area contributed by atoms with Crippen LogP contribution in [-0.2, 0) is 4.79 Å². The summed E-state index contributed by atoms with van der Waals surface area (Å²) in [5, 5.41) is 0. The molecule has 2 heterocycles. The van der Waals surface area contributed by atoms with Gasteiger partial charge in [0, 0.05) is 25.4 Å². The van der Waals surface area contributed by atoms with Crippen molar-refractivity contribution in [2.45, 2.75) is 38.8 Å². The predicted octanol–water partition coefficient (Wildman–Crippen LogP) is 1.48. The van der Waals surface area contributed by atoms with E-state index in [1.54, 1.807) is 19.3 Å². The molecule has 2 rings (SSSR count). The number of imidazole rings is 1. The lowest BCUT2D eigenvalue weighted by molar-refractivity contribution is -0.131. The van der Waals surface area contributed by atoms with Crippen LogP contribution in [-0.4, -0.2) is 26.8 Å². The number of nitrogens with one attached hydrogen (secondary N) is 1. The van der Waals surface area contributed by atoms with Crippen LogP contribution in [0.5, 0.6) is 0 Å². The van der Waals surface area contributed by atoms with E-state index in [0.717, 1.165) is 18.7 Å². The Morgan fingerprint density at radius 2 is 2.43 bits per heavy atom. The molecule has 0 aromatic carbocycles. The number of hydrogen-bond acceptors (Lipinski definition) is 2. The highest BCUT2D eigenvalue weighted by molar-refractivity contribution is 5.74. The molecule has 1 fully saturated rings. The topological polar surface area (TPSA) is 49.0 Å². The van der Waals surface area contributed by atoms with Crippen LogP contribution in [0.1, 0.15) is 38.6 Å². The summed E-state index contributed by atoms with van der Waals surface area (Å²) in [6.07, 6.45) is 5.60. The van der Waals surface area contributed by atoms with Crippen molar-refractivity contribution in [2.24, 2.45) is 0 Å². The van der Waals surface area contributed by atoms with Gasteiger partial charge in [0.15, 0.2) is 0 Å². The Hall–Kier alpha value is -1.32. The van der Waals surface area contributed by atoms with Gasteiger partial charge >= 0.3 is 0 Å². The number of carbonyl (C=O) groups excluding carboxylic acids is 1. The van der Waals surface area contributed by atoms with Gasteiger partial charge in [-0.3, -0.25) is 4.79 Å². The number of carbonyl (C=O) groups is 1. The van der Waals surface area contributed by atoms with E-state index in [9.17, 15) is 4.79 Å². The second-order valence-electron chi connectivity index (χ2n) is 3.84. The van der Waals surface area contributed by atoms with Crippen molar-refractivity contribution in [3.05, 3.63) is 18.2 Å². The highest BCUT2D eigenvalue weighted by atomic mass is 16.2. The number of amides is 1. The number of aromatic amines is 1. The Morgan fingerprint density at radius 3 is 3.00 bits per heavy atom. The largest absolute Gasteiger partial charge is 0.347 e. The molecule has 2 atom stereocenters. The molecule has 1 aromatic heterocycles. The van der Waals surface area contributed by atoms with Crippen molar-refractivity contribution in [1.29, 1.82) is 0 Å². The summed E-state index contributed by atoms with van der Waals surface area (Å²) < 4.78 is 0. The van der Waals surface area contributed by atoms with Gasteiger partial charge in [0.1, 0.15) is 5.82 Å². The Morgan fingerprint density at radius 1 is 1.64 bits per heavy atom. The number of rotatable bonds is 1. The Kier molecular flexibility index (Phi) is 2.27. The standard InChI is InChI=1S/C10H15N3O/c1-7-3-4-9(13(7)8(2)14)10-11-5-6-12-10/h5-7,9H,3-4H2,1-2H3,(H,11,12)/t7-,9-/m0/s1. The van der Waals surface area contributed by atoms with Crippen molar-refractivity contribution in [2.75, 3.05) is 0 Å². The second-order valence-corrected chi connectivity index (χ2v) is 3.84. The van der Waals surface area contributed by atoms with Crippen molar-refractivity contribution in [1.82, 2.24) is 14.9 Å². The number of nitrogens with zero attached hydrogens (tertiary/aromatic N) is 2. The van der Waals surface area contributed by atoms with Gasteiger partial charge in [0.25, 0.3) is 0 Å². The first-order valence-corrected chi connectivity index (χ1v) is 4.98. The third-order valence-corrected chi connectivity index (χ3v) is 2.87. The van der Waals surface area contributed by atoms with E-state index in [0.29, 0.717) is 6.04 Å². The van der Waals surface area contributed by atoms with Crippen molar-refractivity contribution in [3.8, 4) is 0 Å². The van der Waals surface area contributed by atoms with Gasteiger partial charge in [-0.15, -0.1) is 0 Å². The van der Waals surface area contributed by atoms with Gasteiger partial charge in [-0.2, -0.15) is 0 Å². The lowest BCUT2D eigenvalue weighted by Crippen LogP contribution is -2.34. The minimum absolute atomic E-state index is 0.136. The van der Waals surface area contributed by atoms with Gasteiger partial charge in [-0.05, 0) is 19.8 Å². The highest BCUT2D eigenvalue weighted by Gasteiger charge is 2.34. The summed E-state index contributed by atoms with van der Waals surface area (Å²) in [7, 11) is 0. The first-order chi connectivity index (χ1) is 6.70. The quantitative estimate of drug-likeness (QED) is 0.734. The summed E-state index contributed by atoms with van der Waals surface area (Å²) in [5.74, 6) is 1.04. The number of aromatic nitrogens is 2. The number of hydrogen-bond donors (Lipinski definition) is 1. The van der Waals surface area contributed by atoms with Gasteiger partial charge in [0.05, 0.1) is 6.04 Å². The molecular formula is C10H15N3O. The molecule has 0 unspecified atom stereocenters. The SMILES string of the molecule is CC(=O)N1[C@@H](C)CC[C@H]1c1ncc[nH]1. The third kappa shape index (κ3) is 1.41. The maximum Gasteiger partial charge on any atom is 0.220 e. The van der Waals surface area contributed by atoms with Gasteiger partial charge in [0.2, 0.25) is 5.91 Å². The van der Waals surface area contributed by atoms with E-state index in [-0.39, 0.29) is 11.9 Å². The average Bonchev–Trinajstić information content (AvgIpc) is 2.70. The maximum atomic E-state index is 11.4. The fourth-order valence-corrected chi connectivity index (χ4v) is 2.24. The monoisotopic (exact) mass is 193 g/mol. The predicted molar refractivity (Wildman–Crippen MR) is 52.5 cm³/mol. The molecule has 0 saturated carbocycles. The zero-order chi connectivity index (χ0) is 10.1. The van der Waals surface area contributed by atoms with E-state index in [1.807, 2.05) is 4.90 Å². The molecule has 0 bridgehead atoms. The molecule has 0 aliphatic carbocycles. The van der Waals surface area contributed by atoms with Crippen LogP contribution >= 0.6 is 0 Å². The molecular weight excluding hydrogens is 178 g/mol. The molecule has 1 N–H and O–H groups in total. The van der Waals surface area contributed by atoms with Crippen LogP contribution in [0.25, 0.3) is 0 Å². The maximum absolute atomic E-state index is 11.4. The molecule has 1 aromatic rings. The number of likely N-dealkylation sites (tertiary alicyclic amines) is 1. The molecule has 1 amide bonds. The van der Waals surface area contributed by atoms with Gasteiger partial charge < -0.3 is 9.88 Å². The first kappa shape index (κ1) is 9.24. The fourth-order valence-electron chi connectivity index (χ4n) is 2.24. The summed E-state index contributed by atoms with van der Waals surface area (Å²) in [4.78, 5) is 20.7. The van der Waals surface area contributed by atoms with Gasteiger partial charge in [-0.1, -0.05) is 0 Å². The lowest BCUT2D eigenvalue weighted by Gasteiger charge is -2.25. The van der Waals surface area contributed by atoms with Crippen molar-refractivity contribution >= 4 is 5.91 Å².